The maximum atomic E-state index is 14.7. The van der Waals surface area contributed by atoms with E-state index in [1.807, 2.05) is 6.07 Å². The Morgan fingerprint density at radius 2 is 1.97 bits per heavy atom. The average Bonchev–Trinajstić information content (AvgIpc) is 3.11. The number of amides is 2. The van der Waals surface area contributed by atoms with Crippen LogP contribution in [0.4, 0.5) is 26.4 Å². The van der Waals surface area contributed by atoms with Gasteiger partial charge in [-0.1, -0.05) is 18.2 Å². The second kappa shape index (κ2) is 6.78. The van der Waals surface area contributed by atoms with Crippen LogP contribution in [-0.2, 0) is 0 Å². The van der Waals surface area contributed by atoms with E-state index in [4.69, 9.17) is 4.74 Å². The Hall–Kier alpha value is -4.05. The molecule has 2 aromatic heterocycles. The standard InChI is InChI=1S/C20H11FN4O4S/c21-12-8-10(6-7-13(12)29-11-4-2-1-3-5-11)25-17-14-15(24-20(25)28)16(19(26)27)30-18(14)23-9-22-17/h1-9H,(H,24,28)(H,26,27). The zero-order chi connectivity index (χ0) is 20.8. The van der Waals surface area contributed by atoms with Crippen molar-refractivity contribution < 1.29 is 23.8 Å². The third-order valence-corrected chi connectivity index (χ3v) is 5.54. The maximum absolute atomic E-state index is 14.7. The zero-order valence-electron chi connectivity index (χ0n) is 15.0. The number of nitrogens with zero attached hydrogens (tertiary/aromatic N) is 3. The van der Waals surface area contributed by atoms with Gasteiger partial charge < -0.3 is 15.2 Å². The molecule has 2 amide bonds. The molecule has 0 unspecified atom stereocenters. The highest BCUT2D eigenvalue weighted by atomic mass is 32.1. The summed E-state index contributed by atoms with van der Waals surface area (Å²) in [4.78, 5) is 34.1. The van der Waals surface area contributed by atoms with E-state index in [1.165, 1.54) is 23.4 Å². The van der Waals surface area contributed by atoms with Crippen LogP contribution in [0.1, 0.15) is 9.67 Å². The number of ether oxygens (including phenoxy) is 1. The Balaban J connectivity index is 1.58. The molecule has 0 atom stereocenters. The quantitative estimate of drug-likeness (QED) is 0.479. The van der Waals surface area contributed by atoms with Crippen molar-refractivity contribution in [3.63, 3.8) is 0 Å². The first kappa shape index (κ1) is 18.0. The lowest BCUT2D eigenvalue weighted by Gasteiger charge is -2.27. The van der Waals surface area contributed by atoms with Gasteiger partial charge in [0.25, 0.3) is 0 Å². The molecule has 0 bridgehead atoms. The van der Waals surface area contributed by atoms with E-state index < -0.39 is 17.8 Å². The molecule has 148 valence electrons. The van der Waals surface area contributed by atoms with E-state index in [0.717, 1.165) is 17.4 Å². The van der Waals surface area contributed by atoms with Crippen LogP contribution >= 0.6 is 11.3 Å². The molecule has 3 heterocycles. The van der Waals surface area contributed by atoms with E-state index >= 15 is 0 Å². The van der Waals surface area contributed by atoms with Gasteiger partial charge in [0, 0.05) is 6.07 Å². The number of nitrogens with one attached hydrogen (secondary N) is 1. The maximum Gasteiger partial charge on any atom is 0.348 e. The first-order valence-corrected chi connectivity index (χ1v) is 9.49. The lowest BCUT2D eigenvalue weighted by Crippen LogP contribution is -2.34. The van der Waals surface area contributed by atoms with Crippen molar-refractivity contribution in [3.05, 3.63) is 65.6 Å². The molecule has 1 aliphatic heterocycles. The van der Waals surface area contributed by atoms with Crippen LogP contribution in [0.2, 0.25) is 0 Å². The molecule has 0 fully saturated rings. The normalized spacial score (nSPS) is 12.7. The number of hydrogen-bond donors (Lipinski definition) is 2. The van der Waals surface area contributed by atoms with Crippen molar-refractivity contribution in [3.8, 4) is 11.5 Å². The fourth-order valence-electron chi connectivity index (χ4n) is 3.18. The number of aromatic carboxylic acids is 1. The molecular weight excluding hydrogens is 411 g/mol. The molecule has 30 heavy (non-hydrogen) atoms. The Morgan fingerprint density at radius 1 is 1.17 bits per heavy atom. The lowest BCUT2D eigenvalue weighted by atomic mass is 10.2. The van der Waals surface area contributed by atoms with Crippen molar-refractivity contribution in [2.45, 2.75) is 0 Å². The molecular formula is C20H11FN4O4S. The number of aromatic nitrogens is 2. The second-order valence-corrected chi connectivity index (χ2v) is 7.28. The molecule has 0 radical (unpaired) electrons. The number of rotatable bonds is 4. The number of hydrogen-bond acceptors (Lipinski definition) is 6. The van der Waals surface area contributed by atoms with Crippen LogP contribution in [0, 0.1) is 5.82 Å². The summed E-state index contributed by atoms with van der Waals surface area (Å²) in [6, 6.07) is 12.2. The molecule has 0 aliphatic carbocycles. The van der Waals surface area contributed by atoms with Gasteiger partial charge in [0.15, 0.2) is 17.4 Å². The largest absolute Gasteiger partial charge is 0.477 e. The third kappa shape index (κ3) is 2.81. The Morgan fingerprint density at radius 3 is 2.70 bits per heavy atom. The predicted molar refractivity (Wildman–Crippen MR) is 108 cm³/mol. The van der Waals surface area contributed by atoms with E-state index in [9.17, 15) is 19.1 Å². The first-order valence-electron chi connectivity index (χ1n) is 8.67. The van der Waals surface area contributed by atoms with Gasteiger partial charge in [-0.25, -0.2) is 28.8 Å². The molecule has 0 spiro atoms. The number of thiophene rings is 1. The van der Waals surface area contributed by atoms with Crippen LogP contribution in [-0.4, -0.2) is 27.1 Å². The summed E-state index contributed by atoms with van der Waals surface area (Å²) in [7, 11) is 0. The van der Waals surface area contributed by atoms with Gasteiger partial charge in [-0.15, -0.1) is 11.3 Å². The molecule has 5 rings (SSSR count). The molecule has 8 nitrogen and oxygen atoms in total. The predicted octanol–water partition coefficient (Wildman–Crippen LogP) is 5.00. The van der Waals surface area contributed by atoms with Crippen molar-refractivity contribution in [2.75, 3.05) is 10.2 Å². The SMILES string of the molecule is O=C(O)c1sc2ncnc3c2c1NC(=O)N3c1ccc(Oc2ccccc2)c(F)c1. The number of benzene rings is 2. The highest BCUT2D eigenvalue weighted by Crippen LogP contribution is 2.44. The molecule has 0 saturated heterocycles. The number of carboxylic acids is 1. The summed E-state index contributed by atoms with van der Waals surface area (Å²) >= 11 is 0.931. The smallest absolute Gasteiger partial charge is 0.348 e. The van der Waals surface area contributed by atoms with Gasteiger partial charge in [-0.05, 0) is 24.3 Å². The minimum absolute atomic E-state index is 0.000382. The number of carbonyl (C=O) groups is 2. The molecule has 1 aliphatic rings. The fraction of sp³-hybridized carbons (Fsp3) is 0. The number of carboxylic acid groups (broad SMARTS) is 1. The third-order valence-electron chi connectivity index (χ3n) is 4.45. The van der Waals surface area contributed by atoms with Gasteiger partial charge in [0.1, 0.15) is 21.8 Å². The van der Waals surface area contributed by atoms with Crippen LogP contribution in [0.15, 0.2) is 54.9 Å². The Bertz CT molecular complexity index is 1330. The van der Waals surface area contributed by atoms with Gasteiger partial charge in [0.05, 0.1) is 16.8 Å². The lowest BCUT2D eigenvalue weighted by molar-refractivity contribution is 0.0703. The van der Waals surface area contributed by atoms with Crippen molar-refractivity contribution in [1.82, 2.24) is 9.97 Å². The Labute approximate surface area is 172 Å². The molecule has 4 aromatic rings. The van der Waals surface area contributed by atoms with Gasteiger partial charge >= 0.3 is 12.0 Å². The summed E-state index contributed by atoms with van der Waals surface area (Å²) in [6.07, 6.45) is 1.23. The van der Waals surface area contributed by atoms with Gasteiger partial charge in [-0.2, -0.15) is 0 Å². The zero-order valence-corrected chi connectivity index (χ0v) is 15.8. The van der Waals surface area contributed by atoms with Gasteiger partial charge in [0.2, 0.25) is 0 Å². The van der Waals surface area contributed by atoms with Crippen molar-refractivity contribution >= 4 is 50.7 Å². The first-order chi connectivity index (χ1) is 14.5. The minimum Gasteiger partial charge on any atom is -0.477 e. The van der Waals surface area contributed by atoms with Crippen LogP contribution in [0.3, 0.4) is 0 Å². The molecule has 0 saturated carbocycles. The number of para-hydroxylation sites is 1. The van der Waals surface area contributed by atoms with E-state index in [-0.39, 0.29) is 27.8 Å². The second-order valence-electron chi connectivity index (χ2n) is 6.28. The summed E-state index contributed by atoms with van der Waals surface area (Å²) < 4.78 is 20.3. The average molecular weight is 422 g/mol. The summed E-state index contributed by atoms with van der Waals surface area (Å²) in [6.45, 7) is 0. The molecule has 10 heteroatoms. The topological polar surface area (TPSA) is 105 Å². The van der Waals surface area contributed by atoms with Crippen molar-refractivity contribution in [1.29, 1.82) is 0 Å². The molecule has 2 N–H and O–H groups in total. The van der Waals surface area contributed by atoms with Crippen LogP contribution in [0.25, 0.3) is 10.2 Å². The van der Waals surface area contributed by atoms with Crippen LogP contribution in [0.5, 0.6) is 11.5 Å². The number of anilines is 3. The van der Waals surface area contributed by atoms with E-state index in [2.05, 4.69) is 15.3 Å². The number of halogens is 1. The van der Waals surface area contributed by atoms with E-state index in [0.29, 0.717) is 16.0 Å². The Kier molecular flexibility index (Phi) is 4.07. The van der Waals surface area contributed by atoms with E-state index in [1.54, 1.807) is 24.3 Å². The minimum atomic E-state index is -1.18. The summed E-state index contributed by atoms with van der Waals surface area (Å²) in [5.41, 5.74) is 0.350. The molecule has 2 aromatic carbocycles. The number of carbonyl (C=O) groups excluding carboxylic acids is 1. The summed E-state index contributed by atoms with van der Waals surface area (Å²) in [5.74, 6) is -1.20. The number of urea groups is 1. The summed E-state index contributed by atoms with van der Waals surface area (Å²) in [5, 5.41) is 12.4. The van der Waals surface area contributed by atoms with Crippen LogP contribution < -0.4 is 15.0 Å². The monoisotopic (exact) mass is 422 g/mol. The van der Waals surface area contributed by atoms with Gasteiger partial charge in [-0.3, -0.25) is 0 Å². The van der Waals surface area contributed by atoms with Crippen molar-refractivity contribution in [2.24, 2.45) is 0 Å². The highest BCUT2D eigenvalue weighted by molar-refractivity contribution is 7.21. The fourth-order valence-corrected chi connectivity index (χ4v) is 4.11. The highest BCUT2D eigenvalue weighted by Gasteiger charge is 2.34.